The predicted molar refractivity (Wildman–Crippen MR) is 73.5 cm³/mol. The molecule has 1 fully saturated rings. The third kappa shape index (κ3) is 2.71. The number of rotatable bonds is 5. The highest BCUT2D eigenvalue weighted by Crippen LogP contribution is 2.37. The van der Waals surface area contributed by atoms with Gasteiger partial charge in [0, 0.05) is 37.7 Å². The van der Waals surface area contributed by atoms with Gasteiger partial charge in [-0.15, -0.1) is 0 Å². The zero-order valence-corrected chi connectivity index (χ0v) is 11.5. The first kappa shape index (κ1) is 13.5. The molecule has 18 heavy (non-hydrogen) atoms. The van der Waals surface area contributed by atoms with Gasteiger partial charge in [-0.25, -0.2) is 0 Å². The average molecular weight is 271 g/mol. The predicted octanol–water partition coefficient (Wildman–Crippen LogP) is 1.98. The largest absolute Gasteiger partial charge is 0.495 e. The van der Waals surface area contributed by atoms with E-state index in [1.807, 2.05) is 6.07 Å². The molecule has 1 aliphatic rings. The second kappa shape index (κ2) is 5.78. The van der Waals surface area contributed by atoms with Gasteiger partial charge in [0.1, 0.15) is 5.75 Å². The van der Waals surface area contributed by atoms with E-state index in [1.54, 1.807) is 20.3 Å². The van der Waals surface area contributed by atoms with Crippen LogP contribution in [0.5, 0.6) is 5.75 Å². The minimum atomic E-state index is 0.462. The van der Waals surface area contributed by atoms with Crippen LogP contribution in [0.3, 0.4) is 0 Å². The smallest absolute Gasteiger partial charge is 0.142 e. The Balaban J connectivity index is 2.02. The number of anilines is 1. The van der Waals surface area contributed by atoms with Crippen molar-refractivity contribution >= 4 is 17.3 Å². The summed E-state index contributed by atoms with van der Waals surface area (Å²) in [5, 5.41) is 0.727. The van der Waals surface area contributed by atoms with Crippen LogP contribution < -0.4 is 10.5 Å². The fourth-order valence-corrected chi connectivity index (χ4v) is 2.57. The number of nitrogens with zero attached hydrogens (tertiary/aromatic N) is 1. The first-order chi connectivity index (χ1) is 8.65. The summed E-state index contributed by atoms with van der Waals surface area (Å²) in [6.45, 7) is 3.76. The lowest BCUT2D eigenvalue weighted by molar-refractivity contribution is 0.0942. The maximum absolute atomic E-state index is 6.24. The molecule has 0 atom stereocenters. The Bertz CT molecular complexity index is 420. The number of benzene rings is 1. The fraction of sp³-hybridized carbons (Fsp3) is 0.538. The summed E-state index contributed by atoms with van der Waals surface area (Å²) in [6, 6.07) is 3.73. The molecule has 0 aliphatic carbocycles. The molecule has 0 aromatic heterocycles. The molecule has 1 aliphatic heterocycles. The quantitative estimate of drug-likeness (QED) is 0.831. The second-order valence-corrected chi connectivity index (χ2v) is 4.97. The summed E-state index contributed by atoms with van der Waals surface area (Å²) in [5.74, 6) is 1.16. The van der Waals surface area contributed by atoms with Gasteiger partial charge >= 0.3 is 0 Å². The molecule has 0 unspecified atom stereocenters. The number of methoxy groups -OCH3 is 2. The minimum absolute atomic E-state index is 0.462. The zero-order valence-electron chi connectivity index (χ0n) is 10.8. The van der Waals surface area contributed by atoms with Crippen molar-refractivity contribution in [1.82, 2.24) is 4.90 Å². The monoisotopic (exact) mass is 270 g/mol. The molecule has 100 valence electrons. The first-order valence-corrected chi connectivity index (χ1v) is 6.37. The Hall–Kier alpha value is -0.970. The third-order valence-electron chi connectivity index (χ3n) is 3.36. The second-order valence-electron chi connectivity index (χ2n) is 4.56. The molecule has 0 spiro atoms. The molecule has 1 aromatic carbocycles. The molecule has 0 saturated carbocycles. The standard InChI is InChI=1S/C13H19ClN2O2/c1-17-4-3-16-7-9(8-16)10-5-13(18-2)12(15)6-11(10)14/h5-6,9H,3-4,7-8,15H2,1-2H3. The maximum Gasteiger partial charge on any atom is 0.142 e. The van der Waals surface area contributed by atoms with Crippen molar-refractivity contribution in [3.8, 4) is 5.75 Å². The Labute approximate surface area is 113 Å². The van der Waals surface area contributed by atoms with E-state index in [-0.39, 0.29) is 0 Å². The van der Waals surface area contributed by atoms with Crippen molar-refractivity contribution in [1.29, 1.82) is 0 Å². The number of halogens is 1. The van der Waals surface area contributed by atoms with Crippen LogP contribution >= 0.6 is 11.6 Å². The summed E-state index contributed by atoms with van der Waals surface area (Å²) in [7, 11) is 3.34. The van der Waals surface area contributed by atoms with Gasteiger partial charge in [-0.3, -0.25) is 4.90 Å². The van der Waals surface area contributed by atoms with Crippen LogP contribution in [0, 0.1) is 0 Å². The molecule has 0 radical (unpaired) electrons. The van der Waals surface area contributed by atoms with E-state index in [4.69, 9.17) is 26.8 Å². The van der Waals surface area contributed by atoms with E-state index < -0.39 is 0 Å². The maximum atomic E-state index is 6.24. The summed E-state index contributed by atoms with van der Waals surface area (Å²) in [5.41, 5.74) is 7.52. The Morgan fingerprint density at radius 1 is 1.39 bits per heavy atom. The summed E-state index contributed by atoms with van der Waals surface area (Å²) < 4.78 is 10.3. The average Bonchev–Trinajstić information content (AvgIpc) is 2.29. The van der Waals surface area contributed by atoms with Crippen LogP contribution in [0.4, 0.5) is 5.69 Å². The fourth-order valence-electron chi connectivity index (χ4n) is 2.24. The molecule has 1 aromatic rings. The van der Waals surface area contributed by atoms with Crippen LogP contribution in [0.15, 0.2) is 12.1 Å². The first-order valence-electron chi connectivity index (χ1n) is 6.00. The summed E-state index contributed by atoms with van der Waals surface area (Å²) in [4.78, 5) is 2.34. The lowest BCUT2D eigenvalue weighted by Crippen LogP contribution is -2.46. The van der Waals surface area contributed by atoms with Crippen LogP contribution in [0.25, 0.3) is 0 Å². The lowest BCUT2D eigenvalue weighted by Gasteiger charge is -2.39. The van der Waals surface area contributed by atoms with Crippen LogP contribution in [-0.4, -0.2) is 45.4 Å². The van der Waals surface area contributed by atoms with E-state index in [2.05, 4.69) is 4.90 Å². The molecule has 5 heteroatoms. The minimum Gasteiger partial charge on any atom is -0.495 e. The van der Waals surface area contributed by atoms with Crippen LogP contribution in [0.1, 0.15) is 11.5 Å². The van der Waals surface area contributed by atoms with E-state index in [1.165, 1.54) is 0 Å². The number of ether oxygens (including phenoxy) is 2. The highest BCUT2D eigenvalue weighted by atomic mass is 35.5. The molecular formula is C13H19ClN2O2. The molecule has 4 nitrogen and oxygen atoms in total. The van der Waals surface area contributed by atoms with E-state index >= 15 is 0 Å². The van der Waals surface area contributed by atoms with Gasteiger partial charge in [-0.2, -0.15) is 0 Å². The Morgan fingerprint density at radius 3 is 2.72 bits per heavy atom. The summed E-state index contributed by atoms with van der Waals surface area (Å²) in [6.07, 6.45) is 0. The van der Waals surface area contributed by atoms with E-state index in [0.717, 1.165) is 36.8 Å². The van der Waals surface area contributed by atoms with Gasteiger partial charge in [-0.1, -0.05) is 11.6 Å². The zero-order chi connectivity index (χ0) is 13.1. The lowest BCUT2D eigenvalue weighted by atomic mass is 9.91. The topological polar surface area (TPSA) is 47.7 Å². The number of hydrogen-bond donors (Lipinski definition) is 1. The van der Waals surface area contributed by atoms with Crippen molar-refractivity contribution in [2.75, 3.05) is 46.2 Å². The molecule has 1 saturated heterocycles. The Morgan fingerprint density at radius 2 is 2.11 bits per heavy atom. The van der Waals surface area contributed by atoms with Gasteiger partial charge in [0.25, 0.3) is 0 Å². The molecule has 2 rings (SSSR count). The SMILES string of the molecule is COCCN1CC(c2cc(OC)c(N)cc2Cl)C1. The van der Waals surface area contributed by atoms with E-state index in [0.29, 0.717) is 17.4 Å². The number of nitrogens with two attached hydrogens (primary N) is 1. The Kier molecular flexibility index (Phi) is 4.32. The highest BCUT2D eigenvalue weighted by Gasteiger charge is 2.29. The molecule has 2 N–H and O–H groups in total. The van der Waals surface area contributed by atoms with Gasteiger partial charge < -0.3 is 15.2 Å². The number of hydrogen-bond acceptors (Lipinski definition) is 4. The molecule has 0 amide bonds. The van der Waals surface area contributed by atoms with Crippen molar-refractivity contribution < 1.29 is 9.47 Å². The molecule has 0 bridgehead atoms. The van der Waals surface area contributed by atoms with Crippen LogP contribution in [-0.2, 0) is 4.74 Å². The van der Waals surface area contributed by atoms with Gasteiger partial charge in [0.15, 0.2) is 0 Å². The normalized spacial score (nSPS) is 16.6. The third-order valence-corrected chi connectivity index (χ3v) is 3.68. The van der Waals surface area contributed by atoms with Gasteiger partial charge in [0.2, 0.25) is 0 Å². The van der Waals surface area contributed by atoms with E-state index in [9.17, 15) is 0 Å². The summed E-state index contributed by atoms with van der Waals surface area (Å²) >= 11 is 6.24. The van der Waals surface area contributed by atoms with Crippen molar-refractivity contribution in [3.63, 3.8) is 0 Å². The number of nitrogen functional groups attached to an aromatic ring is 1. The van der Waals surface area contributed by atoms with Crippen LogP contribution in [0.2, 0.25) is 5.02 Å². The van der Waals surface area contributed by atoms with Crippen molar-refractivity contribution in [2.24, 2.45) is 0 Å². The molecule has 1 heterocycles. The number of likely N-dealkylation sites (tertiary alicyclic amines) is 1. The van der Waals surface area contributed by atoms with Crippen molar-refractivity contribution in [2.45, 2.75) is 5.92 Å². The molecular weight excluding hydrogens is 252 g/mol. The van der Waals surface area contributed by atoms with Gasteiger partial charge in [0.05, 0.1) is 19.4 Å². The van der Waals surface area contributed by atoms with Gasteiger partial charge in [-0.05, 0) is 17.7 Å². The highest BCUT2D eigenvalue weighted by molar-refractivity contribution is 6.31. The van der Waals surface area contributed by atoms with Crippen molar-refractivity contribution in [3.05, 3.63) is 22.7 Å².